The normalized spacial score (nSPS) is 16.3. The van der Waals surface area contributed by atoms with Crippen LogP contribution >= 0.6 is 0 Å². The summed E-state index contributed by atoms with van der Waals surface area (Å²) in [6.45, 7) is 13.8. The zero-order valence-electron chi connectivity index (χ0n) is 14.7. The van der Waals surface area contributed by atoms with Gasteiger partial charge in [0.15, 0.2) is 0 Å². The predicted molar refractivity (Wildman–Crippen MR) is 89.7 cm³/mol. The van der Waals surface area contributed by atoms with Crippen molar-refractivity contribution in [2.45, 2.75) is 61.3 Å². The highest BCUT2D eigenvalue weighted by Crippen LogP contribution is 2.55. The van der Waals surface area contributed by atoms with Crippen LogP contribution in [0.4, 0.5) is 8.78 Å². The second kappa shape index (κ2) is 7.20. The summed E-state index contributed by atoms with van der Waals surface area (Å²) >= 11 is 0. The van der Waals surface area contributed by atoms with Gasteiger partial charge in [0.2, 0.25) is 0 Å². The Bertz CT molecular complexity index is 416. The Morgan fingerprint density at radius 2 is 0.952 bits per heavy atom. The molecule has 0 unspecified atom stereocenters. The van der Waals surface area contributed by atoms with Gasteiger partial charge in [0.05, 0.1) is 10.8 Å². The fourth-order valence-electron chi connectivity index (χ4n) is 2.83. The Labute approximate surface area is 129 Å². The highest BCUT2D eigenvalue weighted by atomic mass is 19.3. The molecule has 0 spiro atoms. The van der Waals surface area contributed by atoms with Crippen molar-refractivity contribution >= 4 is 0 Å². The Morgan fingerprint density at radius 3 is 1.14 bits per heavy atom. The molecule has 0 aromatic heterocycles. The van der Waals surface area contributed by atoms with E-state index in [1.54, 1.807) is 52.0 Å². The van der Waals surface area contributed by atoms with Crippen molar-refractivity contribution in [3.63, 3.8) is 0 Å². The fourth-order valence-corrected chi connectivity index (χ4v) is 2.83. The Balaban J connectivity index is 6.05. The molecule has 120 valence electrons. The lowest BCUT2D eigenvalue weighted by Crippen LogP contribution is -2.50. The molecule has 0 nitrogen and oxygen atoms in total. The van der Waals surface area contributed by atoms with Crippen LogP contribution in [-0.4, -0.2) is 5.92 Å². The smallest absolute Gasteiger partial charge is 0.205 e. The van der Waals surface area contributed by atoms with E-state index in [9.17, 15) is 0 Å². The highest BCUT2D eigenvalue weighted by Gasteiger charge is 2.58. The molecule has 0 aliphatic carbocycles. The fraction of sp³-hybridized carbons (Fsp3) is 0.579. The molecule has 0 saturated heterocycles. The van der Waals surface area contributed by atoms with Crippen molar-refractivity contribution in [1.82, 2.24) is 0 Å². The van der Waals surface area contributed by atoms with Crippen LogP contribution in [0.25, 0.3) is 0 Å². The van der Waals surface area contributed by atoms with Crippen LogP contribution in [0.3, 0.4) is 0 Å². The topological polar surface area (TPSA) is 0 Å². The van der Waals surface area contributed by atoms with E-state index in [0.29, 0.717) is 11.1 Å². The molecule has 0 N–H and O–H groups in total. The van der Waals surface area contributed by atoms with Crippen molar-refractivity contribution in [2.75, 3.05) is 0 Å². The molecule has 0 heterocycles. The minimum absolute atomic E-state index is 0.652. The van der Waals surface area contributed by atoms with Crippen molar-refractivity contribution in [3.05, 3.63) is 47.6 Å². The van der Waals surface area contributed by atoms with Gasteiger partial charge in [-0.1, -0.05) is 36.5 Å². The average molecular weight is 296 g/mol. The molecule has 2 heteroatoms. The van der Waals surface area contributed by atoms with Gasteiger partial charge in [-0.15, -0.1) is 0 Å². The third-order valence-corrected chi connectivity index (χ3v) is 4.33. The van der Waals surface area contributed by atoms with E-state index in [2.05, 4.69) is 0 Å². The van der Waals surface area contributed by atoms with Gasteiger partial charge in [-0.25, -0.2) is 8.78 Å². The van der Waals surface area contributed by atoms with Crippen molar-refractivity contribution in [2.24, 2.45) is 10.8 Å². The number of rotatable bonds is 6. The number of hydrogen-bond acceptors (Lipinski definition) is 0. The van der Waals surface area contributed by atoms with Gasteiger partial charge in [0.25, 0.3) is 5.92 Å². The number of allylic oxidation sites excluding steroid dienone is 8. The lowest BCUT2D eigenvalue weighted by molar-refractivity contribution is -0.156. The number of alkyl halides is 2. The molecule has 0 aliphatic rings. The maximum Gasteiger partial charge on any atom is 0.265 e. The highest BCUT2D eigenvalue weighted by molar-refractivity contribution is 5.34. The zero-order chi connectivity index (χ0) is 16.9. The quantitative estimate of drug-likeness (QED) is 0.477. The van der Waals surface area contributed by atoms with Crippen LogP contribution in [0.15, 0.2) is 47.6 Å². The third-order valence-electron chi connectivity index (χ3n) is 4.33. The predicted octanol–water partition coefficient (Wildman–Crippen LogP) is 6.72. The summed E-state index contributed by atoms with van der Waals surface area (Å²) < 4.78 is 30.7. The Morgan fingerprint density at radius 1 is 0.667 bits per heavy atom. The largest absolute Gasteiger partial charge is 0.265 e. The van der Waals surface area contributed by atoms with Crippen molar-refractivity contribution in [3.8, 4) is 0 Å². The van der Waals surface area contributed by atoms with Crippen LogP contribution in [0.5, 0.6) is 0 Å². The summed E-state index contributed by atoms with van der Waals surface area (Å²) in [5.74, 6) is -2.90. The zero-order valence-corrected chi connectivity index (χ0v) is 14.7. The summed E-state index contributed by atoms with van der Waals surface area (Å²) in [5, 5.41) is 0. The molecule has 0 saturated carbocycles. The van der Waals surface area contributed by atoms with Gasteiger partial charge in [-0.3, -0.25) is 0 Å². The summed E-state index contributed by atoms with van der Waals surface area (Å²) in [6.07, 6.45) is 10.7. The van der Waals surface area contributed by atoms with E-state index in [1.807, 2.05) is 39.8 Å². The maximum absolute atomic E-state index is 15.4. The Kier molecular flexibility index (Phi) is 6.79. The van der Waals surface area contributed by atoms with Crippen molar-refractivity contribution < 1.29 is 8.78 Å². The first-order valence-corrected chi connectivity index (χ1v) is 7.51. The molecule has 0 bridgehead atoms. The third kappa shape index (κ3) is 3.53. The van der Waals surface area contributed by atoms with E-state index in [4.69, 9.17) is 0 Å². The lowest BCUT2D eigenvalue weighted by atomic mass is 9.64. The summed E-state index contributed by atoms with van der Waals surface area (Å²) in [6, 6.07) is 0. The second-order valence-electron chi connectivity index (χ2n) is 6.31. The second-order valence-corrected chi connectivity index (χ2v) is 6.31. The standard InChI is InChI=1S/C19H30F2/c1-9-13-15(11-3)17(5,6)19(20,21)18(7,8)16(12-4)14-10-2/h9-14H,1-8H3/b13-9-,14-10-,15-11+,16-12+. The van der Waals surface area contributed by atoms with Crippen LogP contribution in [-0.2, 0) is 0 Å². The molecule has 0 amide bonds. The summed E-state index contributed by atoms with van der Waals surface area (Å²) in [7, 11) is 0. The van der Waals surface area contributed by atoms with Gasteiger partial charge >= 0.3 is 0 Å². The van der Waals surface area contributed by atoms with Crippen LogP contribution in [0.2, 0.25) is 0 Å². The molecular weight excluding hydrogens is 266 g/mol. The van der Waals surface area contributed by atoms with E-state index < -0.39 is 16.8 Å². The lowest BCUT2D eigenvalue weighted by Gasteiger charge is -2.46. The molecule has 0 atom stereocenters. The minimum Gasteiger partial charge on any atom is -0.205 e. The van der Waals surface area contributed by atoms with Crippen LogP contribution < -0.4 is 0 Å². The molecule has 0 aromatic rings. The first kappa shape index (κ1) is 19.8. The number of hydrogen-bond donors (Lipinski definition) is 0. The summed E-state index contributed by atoms with van der Waals surface area (Å²) in [5.41, 5.74) is -1.21. The van der Waals surface area contributed by atoms with Gasteiger partial charge in [0, 0.05) is 0 Å². The van der Waals surface area contributed by atoms with Crippen LogP contribution in [0.1, 0.15) is 55.4 Å². The first-order chi connectivity index (χ1) is 9.54. The minimum atomic E-state index is -2.90. The Hall–Kier alpha value is -1.18. The van der Waals surface area contributed by atoms with Gasteiger partial charge < -0.3 is 0 Å². The summed E-state index contributed by atoms with van der Waals surface area (Å²) in [4.78, 5) is 0. The van der Waals surface area contributed by atoms with E-state index in [1.165, 1.54) is 0 Å². The average Bonchev–Trinajstić information content (AvgIpc) is 2.40. The van der Waals surface area contributed by atoms with E-state index in [0.717, 1.165) is 0 Å². The molecule has 0 radical (unpaired) electrons. The molecule has 0 fully saturated rings. The molecule has 21 heavy (non-hydrogen) atoms. The molecule has 0 rings (SSSR count). The molecule has 0 aromatic carbocycles. The monoisotopic (exact) mass is 296 g/mol. The first-order valence-electron chi connectivity index (χ1n) is 7.51. The van der Waals surface area contributed by atoms with Gasteiger partial charge in [0.1, 0.15) is 0 Å². The van der Waals surface area contributed by atoms with E-state index in [-0.39, 0.29) is 0 Å². The maximum atomic E-state index is 15.4. The number of halogens is 2. The van der Waals surface area contributed by atoms with E-state index >= 15 is 8.78 Å². The van der Waals surface area contributed by atoms with Crippen LogP contribution in [0, 0.1) is 10.8 Å². The van der Waals surface area contributed by atoms with Gasteiger partial charge in [-0.05, 0) is 66.5 Å². The van der Waals surface area contributed by atoms with Crippen molar-refractivity contribution in [1.29, 1.82) is 0 Å². The molecule has 0 aliphatic heterocycles. The molecular formula is C19H30F2. The SMILES string of the molecule is C/C=C\C(=C/C)C(C)(C)C(F)(F)C(C)(C)C(/C=C\C)=C/C. The van der Waals surface area contributed by atoms with Gasteiger partial charge in [-0.2, -0.15) is 0 Å².